The van der Waals surface area contributed by atoms with E-state index in [0.717, 1.165) is 6.07 Å². The fraction of sp³-hybridized carbons (Fsp3) is 0.562. The van der Waals surface area contributed by atoms with Gasteiger partial charge in [0.05, 0.1) is 6.61 Å². The predicted octanol–water partition coefficient (Wildman–Crippen LogP) is 2.46. The Bertz CT molecular complexity index is 665. The third-order valence-corrected chi connectivity index (χ3v) is 3.29. The molecule has 1 atom stereocenters. The van der Waals surface area contributed by atoms with Crippen LogP contribution in [0.4, 0.5) is 5.82 Å². The molecule has 0 amide bonds. The molecule has 132 valence electrons. The van der Waals surface area contributed by atoms with Crippen LogP contribution in [0.2, 0.25) is 0 Å². The maximum absolute atomic E-state index is 12.7. The number of nitro groups is 1. The summed E-state index contributed by atoms with van der Waals surface area (Å²) in [5.74, 6) is -1.96. The number of aryl methyl sites for hydroxylation is 1. The number of ether oxygens (including phenoxy) is 2. The van der Waals surface area contributed by atoms with Gasteiger partial charge in [-0.2, -0.15) is 0 Å². The summed E-state index contributed by atoms with van der Waals surface area (Å²) in [6, 6.07) is 2.48. The van der Waals surface area contributed by atoms with Crippen molar-refractivity contribution in [2.24, 2.45) is 0 Å². The van der Waals surface area contributed by atoms with Crippen LogP contribution in [0.25, 0.3) is 0 Å². The van der Waals surface area contributed by atoms with Crippen LogP contribution in [0, 0.1) is 17.0 Å². The molecular formula is C16H22N2O6. The quantitative estimate of drug-likeness (QED) is 0.351. The second-order valence-corrected chi connectivity index (χ2v) is 6.41. The van der Waals surface area contributed by atoms with Crippen molar-refractivity contribution in [2.75, 3.05) is 6.61 Å². The molecule has 0 unspecified atom stereocenters. The molecule has 0 aliphatic rings. The van der Waals surface area contributed by atoms with Gasteiger partial charge in [0, 0.05) is 18.6 Å². The van der Waals surface area contributed by atoms with Crippen LogP contribution in [-0.2, 0) is 24.5 Å². The average molecular weight is 338 g/mol. The van der Waals surface area contributed by atoms with Crippen LogP contribution in [0.5, 0.6) is 0 Å². The fourth-order valence-electron chi connectivity index (χ4n) is 2.14. The van der Waals surface area contributed by atoms with E-state index in [9.17, 15) is 19.7 Å². The Balaban J connectivity index is 3.46. The van der Waals surface area contributed by atoms with E-state index in [1.807, 2.05) is 0 Å². The maximum atomic E-state index is 12.7. The van der Waals surface area contributed by atoms with E-state index in [1.54, 1.807) is 27.7 Å². The first-order chi connectivity index (χ1) is 10.9. The highest BCUT2D eigenvalue weighted by molar-refractivity contribution is 6.06. The molecule has 0 saturated heterocycles. The minimum absolute atomic E-state index is 0.0800. The molecule has 0 aliphatic heterocycles. The standard InChI is InChI=1S/C16H22N2O6/c1-7-23-13(19)16(6,14(20)24-15(3,4)5)11-8-9-12(18(21)22)17-10(11)2/h8-9H,7H2,1-6H3/t16-/m1/s1. The lowest BCUT2D eigenvalue weighted by Crippen LogP contribution is -2.46. The molecule has 0 fully saturated rings. The Hall–Kier alpha value is -2.51. The van der Waals surface area contributed by atoms with Gasteiger partial charge in [0.15, 0.2) is 11.1 Å². The molecule has 24 heavy (non-hydrogen) atoms. The Morgan fingerprint density at radius 3 is 2.21 bits per heavy atom. The zero-order valence-corrected chi connectivity index (χ0v) is 14.7. The van der Waals surface area contributed by atoms with Crippen LogP contribution in [0.3, 0.4) is 0 Å². The lowest BCUT2D eigenvalue weighted by atomic mass is 9.81. The number of carbonyl (C=O) groups is 2. The number of aromatic nitrogens is 1. The second kappa shape index (κ2) is 6.94. The molecule has 0 aliphatic carbocycles. The average Bonchev–Trinajstić information content (AvgIpc) is 2.44. The number of hydrogen-bond acceptors (Lipinski definition) is 7. The zero-order chi connectivity index (χ0) is 18.7. The van der Waals surface area contributed by atoms with Gasteiger partial charge in [0.25, 0.3) is 0 Å². The van der Waals surface area contributed by atoms with Crippen LogP contribution in [-0.4, -0.2) is 34.1 Å². The third kappa shape index (κ3) is 4.06. The van der Waals surface area contributed by atoms with E-state index in [4.69, 9.17) is 9.47 Å². The summed E-state index contributed by atoms with van der Waals surface area (Å²) in [5.41, 5.74) is -2.19. The lowest BCUT2D eigenvalue weighted by molar-refractivity contribution is -0.389. The molecule has 0 bridgehead atoms. The summed E-state index contributed by atoms with van der Waals surface area (Å²) in [5, 5.41) is 10.8. The van der Waals surface area contributed by atoms with Gasteiger partial charge < -0.3 is 19.6 Å². The second-order valence-electron chi connectivity index (χ2n) is 6.41. The maximum Gasteiger partial charge on any atom is 0.363 e. The van der Waals surface area contributed by atoms with Crippen LogP contribution in [0.1, 0.15) is 45.9 Å². The highest BCUT2D eigenvalue weighted by Crippen LogP contribution is 2.32. The van der Waals surface area contributed by atoms with Crippen molar-refractivity contribution in [3.8, 4) is 0 Å². The van der Waals surface area contributed by atoms with E-state index in [2.05, 4.69) is 4.98 Å². The van der Waals surface area contributed by atoms with Gasteiger partial charge in [0.1, 0.15) is 5.60 Å². The minimum Gasteiger partial charge on any atom is -0.465 e. The Morgan fingerprint density at radius 2 is 1.79 bits per heavy atom. The highest BCUT2D eigenvalue weighted by Gasteiger charge is 2.49. The molecule has 0 aromatic carbocycles. The number of rotatable bonds is 5. The third-order valence-electron chi connectivity index (χ3n) is 3.29. The SMILES string of the molecule is CCOC(=O)[C@](C)(C(=O)OC(C)(C)C)c1ccc([N+](=O)[O-])nc1C. The van der Waals surface area contributed by atoms with Gasteiger partial charge in [-0.3, -0.25) is 9.59 Å². The predicted molar refractivity (Wildman–Crippen MR) is 85.5 cm³/mol. The minimum atomic E-state index is -1.77. The largest absolute Gasteiger partial charge is 0.465 e. The van der Waals surface area contributed by atoms with Crippen LogP contribution < -0.4 is 0 Å². The summed E-state index contributed by atoms with van der Waals surface area (Å²) in [6.45, 7) is 9.59. The zero-order valence-electron chi connectivity index (χ0n) is 14.7. The summed E-state index contributed by atoms with van der Waals surface area (Å²) in [4.78, 5) is 39.2. The highest BCUT2D eigenvalue weighted by atomic mass is 16.6. The van der Waals surface area contributed by atoms with Crippen molar-refractivity contribution in [1.29, 1.82) is 0 Å². The smallest absolute Gasteiger partial charge is 0.363 e. The monoisotopic (exact) mass is 338 g/mol. The van der Waals surface area contributed by atoms with Gasteiger partial charge >= 0.3 is 17.8 Å². The molecule has 1 aromatic rings. The molecule has 1 heterocycles. The van der Waals surface area contributed by atoms with Crippen molar-refractivity contribution >= 4 is 17.8 Å². The van der Waals surface area contributed by atoms with Crippen LogP contribution >= 0.6 is 0 Å². The van der Waals surface area contributed by atoms with E-state index < -0.39 is 27.9 Å². The number of esters is 2. The van der Waals surface area contributed by atoms with Gasteiger partial charge in [0.2, 0.25) is 0 Å². The molecule has 0 N–H and O–H groups in total. The summed E-state index contributed by atoms with van der Waals surface area (Å²) < 4.78 is 10.4. The topological polar surface area (TPSA) is 109 Å². The molecule has 1 rings (SSSR count). The van der Waals surface area contributed by atoms with Gasteiger partial charge in [-0.1, -0.05) is 0 Å². The number of carbonyl (C=O) groups excluding carboxylic acids is 2. The summed E-state index contributed by atoms with van der Waals surface area (Å²) in [7, 11) is 0. The molecule has 8 heteroatoms. The van der Waals surface area contributed by atoms with E-state index in [-0.39, 0.29) is 23.7 Å². The van der Waals surface area contributed by atoms with E-state index in [1.165, 1.54) is 19.9 Å². The molecule has 0 saturated carbocycles. The van der Waals surface area contributed by atoms with Crippen molar-refractivity contribution in [3.63, 3.8) is 0 Å². The first-order valence-electron chi connectivity index (χ1n) is 7.46. The summed E-state index contributed by atoms with van der Waals surface area (Å²) in [6.07, 6.45) is 0. The molecule has 1 aromatic heterocycles. The van der Waals surface area contributed by atoms with E-state index >= 15 is 0 Å². The first-order valence-corrected chi connectivity index (χ1v) is 7.46. The van der Waals surface area contributed by atoms with Gasteiger partial charge in [-0.25, -0.2) is 0 Å². The Labute approximate surface area is 140 Å². The fourth-order valence-corrected chi connectivity index (χ4v) is 2.14. The number of hydrogen-bond donors (Lipinski definition) is 0. The van der Waals surface area contributed by atoms with Crippen molar-refractivity contribution in [1.82, 2.24) is 4.98 Å². The van der Waals surface area contributed by atoms with Crippen molar-refractivity contribution < 1.29 is 24.0 Å². The molecule has 0 spiro atoms. The van der Waals surface area contributed by atoms with E-state index in [0.29, 0.717) is 0 Å². The first kappa shape index (κ1) is 19.5. The van der Waals surface area contributed by atoms with Crippen molar-refractivity contribution in [2.45, 2.75) is 52.6 Å². The number of pyridine rings is 1. The normalized spacial score (nSPS) is 13.8. The molecule has 0 radical (unpaired) electrons. The number of nitrogens with zero attached hydrogens (tertiary/aromatic N) is 2. The molecular weight excluding hydrogens is 316 g/mol. The van der Waals surface area contributed by atoms with Gasteiger partial charge in [-0.15, -0.1) is 0 Å². The lowest BCUT2D eigenvalue weighted by Gasteiger charge is -2.29. The van der Waals surface area contributed by atoms with Crippen LogP contribution in [0.15, 0.2) is 12.1 Å². The Morgan fingerprint density at radius 1 is 1.21 bits per heavy atom. The molecule has 8 nitrogen and oxygen atoms in total. The summed E-state index contributed by atoms with van der Waals surface area (Å²) >= 11 is 0. The Kier molecular flexibility index (Phi) is 5.65. The van der Waals surface area contributed by atoms with Gasteiger partial charge in [-0.05, 0) is 50.6 Å². The van der Waals surface area contributed by atoms with Crippen molar-refractivity contribution in [3.05, 3.63) is 33.5 Å².